The first kappa shape index (κ1) is 16.3. The summed E-state index contributed by atoms with van der Waals surface area (Å²) < 4.78 is 0. The molecular weight excluding hydrogens is 266 g/mol. The highest BCUT2D eigenvalue weighted by atomic mass is 16.2. The van der Waals surface area contributed by atoms with Crippen LogP contribution in [0.4, 0.5) is 0 Å². The second-order valence-electron chi connectivity index (χ2n) is 6.87. The van der Waals surface area contributed by atoms with E-state index in [1.54, 1.807) is 0 Å². The molecule has 3 unspecified atom stereocenters. The van der Waals surface area contributed by atoms with E-state index in [2.05, 4.69) is 6.92 Å². The fourth-order valence-electron chi connectivity index (χ4n) is 3.60. The predicted octanol–water partition coefficient (Wildman–Crippen LogP) is 1.22. The minimum atomic E-state index is -0.257. The Morgan fingerprint density at radius 3 is 2.52 bits per heavy atom. The smallest absolute Gasteiger partial charge is 0.245 e. The molecule has 21 heavy (non-hydrogen) atoms. The maximum absolute atomic E-state index is 12.9. The molecule has 2 aliphatic heterocycles. The van der Waals surface area contributed by atoms with Crippen LogP contribution >= 0.6 is 0 Å². The average molecular weight is 295 g/mol. The van der Waals surface area contributed by atoms with Crippen molar-refractivity contribution < 1.29 is 9.59 Å². The maximum Gasteiger partial charge on any atom is 0.245 e. The van der Waals surface area contributed by atoms with Gasteiger partial charge in [0.15, 0.2) is 0 Å². The van der Waals surface area contributed by atoms with Crippen LogP contribution in [0.15, 0.2) is 0 Å². The largest absolute Gasteiger partial charge is 0.338 e. The van der Waals surface area contributed by atoms with Gasteiger partial charge in [-0.05, 0) is 45.1 Å². The summed E-state index contributed by atoms with van der Waals surface area (Å²) in [6.45, 7) is 7.99. The quantitative estimate of drug-likeness (QED) is 0.851. The number of nitrogens with two attached hydrogens (primary N) is 1. The zero-order valence-corrected chi connectivity index (χ0v) is 13.5. The number of rotatable bonds is 3. The Labute approximate surface area is 127 Å². The molecule has 0 aromatic rings. The van der Waals surface area contributed by atoms with Gasteiger partial charge in [0, 0.05) is 25.0 Å². The number of likely N-dealkylation sites (tertiary alicyclic amines) is 2. The third-order valence-electron chi connectivity index (χ3n) is 4.84. The van der Waals surface area contributed by atoms with Crippen molar-refractivity contribution in [3.63, 3.8) is 0 Å². The van der Waals surface area contributed by atoms with E-state index in [4.69, 9.17) is 5.73 Å². The third kappa shape index (κ3) is 3.39. The van der Waals surface area contributed by atoms with Crippen molar-refractivity contribution in [2.75, 3.05) is 19.6 Å². The lowest BCUT2D eigenvalue weighted by atomic mass is 9.98. The molecule has 2 amide bonds. The first-order chi connectivity index (χ1) is 9.95. The van der Waals surface area contributed by atoms with E-state index in [9.17, 15) is 9.59 Å². The Bertz CT molecular complexity index is 397. The summed E-state index contributed by atoms with van der Waals surface area (Å²) in [4.78, 5) is 29.0. The fourth-order valence-corrected chi connectivity index (χ4v) is 3.60. The van der Waals surface area contributed by atoms with Gasteiger partial charge < -0.3 is 15.5 Å². The Morgan fingerprint density at radius 1 is 1.24 bits per heavy atom. The van der Waals surface area contributed by atoms with Gasteiger partial charge in [-0.2, -0.15) is 0 Å². The molecule has 0 spiro atoms. The molecule has 2 fully saturated rings. The van der Waals surface area contributed by atoms with Crippen LogP contribution < -0.4 is 5.73 Å². The van der Waals surface area contributed by atoms with Gasteiger partial charge in [0.05, 0.1) is 0 Å². The van der Waals surface area contributed by atoms with E-state index >= 15 is 0 Å². The summed E-state index contributed by atoms with van der Waals surface area (Å²) in [7, 11) is 0. The summed E-state index contributed by atoms with van der Waals surface area (Å²) in [6, 6.07) is -0.0170. The Hall–Kier alpha value is -1.10. The highest BCUT2D eigenvalue weighted by Crippen LogP contribution is 2.27. The topological polar surface area (TPSA) is 66.6 Å². The van der Waals surface area contributed by atoms with Crippen molar-refractivity contribution in [1.82, 2.24) is 9.80 Å². The van der Waals surface area contributed by atoms with E-state index < -0.39 is 0 Å². The molecule has 0 bridgehead atoms. The van der Waals surface area contributed by atoms with Gasteiger partial charge >= 0.3 is 0 Å². The van der Waals surface area contributed by atoms with E-state index in [1.807, 2.05) is 23.6 Å². The molecule has 2 heterocycles. The van der Waals surface area contributed by atoms with Crippen LogP contribution in [0.3, 0.4) is 0 Å². The van der Waals surface area contributed by atoms with Crippen molar-refractivity contribution >= 4 is 11.8 Å². The van der Waals surface area contributed by atoms with E-state index in [0.29, 0.717) is 12.5 Å². The van der Waals surface area contributed by atoms with Gasteiger partial charge in [-0.3, -0.25) is 9.59 Å². The number of carbonyl (C=O) groups excluding carboxylic acids is 2. The van der Waals surface area contributed by atoms with Crippen LogP contribution in [0.1, 0.15) is 46.5 Å². The molecule has 120 valence electrons. The lowest BCUT2D eigenvalue weighted by Crippen LogP contribution is -2.54. The summed E-state index contributed by atoms with van der Waals surface area (Å²) in [5.41, 5.74) is 5.75. The van der Waals surface area contributed by atoms with Crippen LogP contribution in [0.2, 0.25) is 0 Å². The van der Waals surface area contributed by atoms with Gasteiger partial charge in [-0.25, -0.2) is 0 Å². The van der Waals surface area contributed by atoms with Crippen molar-refractivity contribution in [2.24, 2.45) is 17.6 Å². The molecule has 0 aromatic carbocycles. The fraction of sp³-hybridized carbons (Fsp3) is 0.875. The molecule has 0 radical (unpaired) electrons. The number of hydrogen-bond donors (Lipinski definition) is 1. The summed E-state index contributed by atoms with van der Waals surface area (Å²) in [5, 5.41) is 0. The van der Waals surface area contributed by atoms with Crippen LogP contribution in [-0.4, -0.2) is 53.3 Å². The first-order valence-corrected chi connectivity index (χ1v) is 8.26. The second kappa shape index (κ2) is 6.77. The normalized spacial score (nSPS) is 30.0. The van der Waals surface area contributed by atoms with Crippen molar-refractivity contribution in [2.45, 2.75) is 58.5 Å². The van der Waals surface area contributed by atoms with Crippen LogP contribution in [0.25, 0.3) is 0 Å². The molecule has 5 nitrogen and oxygen atoms in total. The average Bonchev–Trinajstić information content (AvgIpc) is 2.86. The SMILES string of the molecule is CC(C)C(=O)N1CCCCC1C(=O)N1CC(CN)CC1C. The van der Waals surface area contributed by atoms with E-state index in [-0.39, 0.29) is 29.8 Å². The minimum Gasteiger partial charge on any atom is -0.338 e. The molecular formula is C16H29N3O2. The molecule has 2 saturated heterocycles. The Kier molecular flexibility index (Phi) is 5.25. The first-order valence-electron chi connectivity index (χ1n) is 8.26. The van der Waals surface area contributed by atoms with Gasteiger partial charge in [-0.15, -0.1) is 0 Å². The van der Waals surface area contributed by atoms with Crippen molar-refractivity contribution in [3.8, 4) is 0 Å². The van der Waals surface area contributed by atoms with Gasteiger partial charge in [0.1, 0.15) is 6.04 Å². The molecule has 0 aliphatic carbocycles. The molecule has 0 aromatic heterocycles. The minimum absolute atomic E-state index is 0.0498. The maximum atomic E-state index is 12.9. The molecule has 2 aliphatic rings. The van der Waals surface area contributed by atoms with Gasteiger partial charge in [0.25, 0.3) is 0 Å². The lowest BCUT2D eigenvalue weighted by molar-refractivity contribution is -0.149. The van der Waals surface area contributed by atoms with Crippen LogP contribution in [0, 0.1) is 11.8 Å². The van der Waals surface area contributed by atoms with E-state index in [0.717, 1.165) is 38.8 Å². The number of piperidine rings is 1. The van der Waals surface area contributed by atoms with Gasteiger partial charge in [0.2, 0.25) is 11.8 Å². The number of amides is 2. The monoisotopic (exact) mass is 295 g/mol. The number of hydrogen-bond acceptors (Lipinski definition) is 3. The second-order valence-corrected chi connectivity index (χ2v) is 6.87. The molecule has 3 atom stereocenters. The predicted molar refractivity (Wildman–Crippen MR) is 82.5 cm³/mol. The van der Waals surface area contributed by atoms with Crippen LogP contribution in [0.5, 0.6) is 0 Å². The third-order valence-corrected chi connectivity index (χ3v) is 4.84. The molecule has 2 N–H and O–H groups in total. The lowest BCUT2D eigenvalue weighted by Gasteiger charge is -2.38. The highest BCUT2D eigenvalue weighted by Gasteiger charge is 2.39. The summed E-state index contributed by atoms with van der Waals surface area (Å²) in [6.07, 6.45) is 3.81. The van der Waals surface area contributed by atoms with Crippen molar-refractivity contribution in [1.29, 1.82) is 0 Å². The van der Waals surface area contributed by atoms with Crippen LogP contribution in [-0.2, 0) is 9.59 Å². The molecule has 0 saturated carbocycles. The standard InChI is InChI=1S/C16H29N3O2/c1-11(2)15(20)18-7-5-4-6-14(18)16(21)19-10-13(9-17)8-12(19)3/h11-14H,4-10,17H2,1-3H3. The van der Waals surface area contributed by atoms with Gasteiger partial charge in [-0.1, -0.05) is 13.8 Å². The zero-order valence-electron chi connectivity index (χ0n) is 13.5. The zero-order chi connectivity index (χ0) is 15.6. The number of nitrogens with zero attached hydrogens (tertiary/aromatic N) is 2. The van der Waals surface area contributed by atoms with E-state index in [1.165, 1.54) is 0 Å². The Morgan fingerprint density at radius 2 is 1.95 bits per heavy atom. The highest BCUT2D eigenvalue weighted by molar-refractivity contribution is 5.89. The molecule has 2 rings (SSSR count). The van der Waals surface area contributed by atoms with Crippen molar-refractivity contribution in [3.05, 3.63) is 0 Å². The number of carbonyl (C=O) groups is 2. The summed E-state index contributed by atoms with van der Waals surface area (Å²) in [5.74, 6) is 0.593. The summed E-state index contributed by atoms with van der Waals surface area (Å²) >= 11 is 0. The Balaban J connectivity index is 2.10. The molecule has 5 heteroatoms.